The number of benzene rings is 1. The molecule has 2 aromatic heterocycles. The van der Waals surface area contributed by atoms with Crippen molar-refractivity contribution in [3.05, 3.63) is 60.8 Å². The van der Waals surface area contributed by atoms with Crippen LogP contribution in [0.3, 0.4) is 0 Å². The fraction of sp³-hybridized carbons (Fsp3) is 0.0714. The largest absolute Gasteiger partial charge is 0.332 e. The molecule has 2 heterocycles. The molecular formula is C14H12FN5O4S2. The molecule has 0 radical (unpaired) electrons. The highest BCUT2D eigenvalue weighted by Crippen LogP contribution is 2.18. The van der Waals surface area contributed by atoms with Crippen molar-refractivity contribution in [2.75, 3.05) is 0 Å². The molecule has 0 aliphatic rings. The maximum atomic E-state index is 13.1. The minimum atomic E-state index is -5.00. The fourth-order valence-corrected chi connectivity index (χ4v) is 3.72. The molecule has 0 aliphatic heterocycles. The number of nitrogens with zero attached hydrogens (tertiary/aromatic N) is 4. The van der Waals surface area contributed by atoms with Gasteiger partial charge in [-0.15, -0.1) is 3.89 Å². The molecule has 9 nitrogen and oxygen atoms in total. The molecule has 0 spiro atoms. The SMILES string of the molecule is O=S(=O)(F)c1cccc(S(=O)(=O)NCc2ccnc(-n3cncn3)c2)c1. The summed E-state index contributed by atoms with van der Waals surface area (Å²) in [5.74, 6) is 0.449. The van der Waals surface area contributed by atoms with Crippen LogP contribution in [0.1, 0.15) is 5.56 Å². The Morgan fingerprint density at radius 1 is 1.08 bits per heavy atom. The number of halogens is 1. The molecule has 0 unspecified atom stereocenters. The number of pyridine rings is 1. The molecule has 0 fully saturated rings. The Bertz CT molecular complexity index is 1130. The van der Waals surface area contributed by atoms with Crippen molar-refractivity contribution >= 4 is 20.2 Å². The van der Waals surface area contributed by atoms with E-state index < -0.39 is 25.1 Å². The summed E-state index contributed by atoms with van der Waals surface area (Å²) >= 11 is 0. The van der Waals surface area contributed by atoms with Crippen molar-refractivity contribution in [2.45, 2.75) is 16.3 Å². The van der Waals surface area contributed by atoms with Gasteiger partial charge in [0.15, 0.2) is 5.82 Å². The summed E-state index contributed by atoms with van der Waals surface area (Å²) in [5, 5.41) is 3.93. The van der Waals surface area contributed by atoms with E-state index in [4.69, 9.17) is 0 Å². The number of rotatable bonds is 6. The van der Waals surface area contributed by atoms with Crippen LogP contribution in [0.25, 0.3) is 5.82 Å². The fourth-order valence-electron chi connectivity index (χ4n) is 2.08. The second-order valence-electron chi connectivity index (χ2n) is 5.10. The van der Waals surface area contributed by atoms with E-state index in [0.29, 0.717) is 11.4 Å². The minimum absolute atomic E-state index is 0.0842. The van der Waals surface area contributed by atoms with Crippen molar-refractivity contribution in [3.8, 4) is 5.82 Å². The lowest BCUT2D eigenvalue weighted by atomic mass is 10.2. The lowest BCUT2D eigenvalue weighted by Gasteiger charge is -2.08. The Kier molecular flexibility index (Phi) is 4.80. The Morgan fingerprint density at radius 2 is 1.85 bits per heavy atom. The van der Waals surface area contributed by atoms with Gasteiger partial charge in [-0.05, 0) is 35.9 Å². The molecule has 0 atom stereocenters. The topological polar surface area (TPSA) is 124 Å². The van der Waals surface area contributed by atoms with Crippen molar-refractivity contribution in [2.24, 2.45) is 0 Å². The average molecular weight is 397 g/mol. The number of sulfonamides is 1. The summed E-state index contributed by atoms with van der Waals surface area (Å²) < 4.78 is 63.3. The van der Waals surface area contributed by atoms with Crippen LogP contribution in [-0.2, 0) is 26.8 Å². The number of hydrogen-bond donors (Lipinski definition) is 1. The van der Waals surface area contributed by atoms with Crippen LogP contribution in [0.15, 0.2) is 65.0 Å². The molecule has 1 aromatic carbocycles. The molecule has 0 saturated heterocycles. The van der Waals surface area contributed by atoms with Crippen molar-refractivity contribution in [1.82, 2.24) is 24.5 Å². The molecule has 3 rings (SSSR count). The summed E-state index contributed by atoms with van der Waals surface area (Å²) in [4.78, 5) is 6.82. The molecular weight excluding hydrogens is 385 g/mol. The van der Waals surface area contributed by atoms with E-state index >= 15 is 0 Å². The van der Waals surface area contributed by atoms with Gasteiger partial charge in [0.2, 0.25) is 10.0 Å². The molecule has 1 N–H and O–H groups in total. The summed E-state index contributed by atoms with van der Waals surface area (Å²) in [6.45, 7) is -0.0842. The zero-order valence-corrected chi connectivity index (χ0v) is 14.7. The zero-order valence-electron chi connectivity index (χ0n) is 13.0. The maximum absolute atomic E-state index is 13.1. The molecule has 136 valence electrons. The Morgan fingerprint density at radius 3 is 2.54 bits per heavy atom. The van der Waals surface area contributed by atoms with E-state index in [1.807, 2.05) is 0 Å². The Hall–Kier alpha value is -2.70. The third-order valence-electron chi connectivity index (χ3n) is 3.33. The third-order valence-corrected chi connectivity index (χ3v) is 5.54. The molecule has 26 heavy (non-hydrogen) atoms. The van der Waals surface area contributed by atoms with Crippen LogP contribution in [0.2, 0.25) is 0 Å². The van der Waals surface area contributed by atoms with E-state index in [-0.39, 0.29) is 11.4 Å². The van der Waals surface area contributed by atoms with Crippen LogP contribution in [0, 0.1) is 0 Å². The van der Waals surface area contributed by atoms with E-state index in [1.54, 1.807) is 12.1 Å². The zero-order chi connectivity index (χ0) is 18.8. The van der Waals surface area contributed by atoms with Gasteiger partial charge in [-0.2, -0.15) is 13.5 Å². The van der Waals surface area contributed by atoms with Gasteiger partial charge in [-0.1, -0.05) is 6.07 Å². The quantitative estimate of drug-likeness (QED) is 0.610. The summed E-state index contributed by atoms with van der Waals surface area (Å²) in [5.41, 5.74) is 0.586. The molecule has 12 heteroatoms. The second-order valence-corrected chi connectivity index (χ2v) is 8.21. The van der Waals surface area contributed by atoms with Gasteiger partial charge >= 0.3 is 10.2 Å². The summed E-state index contributed by atoms with van der Waals surface area (Å²) in [7, 11) is -9.04. The van der Waals surface area contributed by atoms with Gasteiger partial charge in [0.1, 0.15) is 12.7 Å². The predicted molar refractivity (Wildman–Crippen MR) is 87.9 cm³/mol. The summed E-state index contributed by atoms with van der Waals surface area (Å²) in [6.07, 6.45) is 4.26. The first kappa shape index (κ1) is 18.1. The molecule has 3 aromatic rings. The van der Waals surface area contributed by atoms with Gasteiger partial charge < -0.3 is 0 Å². The molecule has 0 amide bonds. The van der Waals surface area contributed by atoms with Gasteiger partial charge in [-0.3, -0.25) is 0 Å². The smallest absolute Gasteiger partial charge is 0.237 e. The molecule has 0 bridgehead atoms. The van der Waals surface area contributed by atoms with Gasteiger partial charge in [0, 0.05) is 12.7 Å². The van der Waals surface area contributed by atoms with E-state index in [9.17, 15) is 20.7 Å². The number of aromatic nitrogens is 4. The van der Waals surface area contributed by atoms with Gasteiger partial charge in [0.25, 0.3) is 0 Å². The first-order valence-corrected chi connectivity index (χ1v) is 9.97. The number of hydrogen-bond acceptors (Lipinski definition) is 7. The minimum Gasteiger partial charge on any atom is -0.237 e. The van der Waals surface area contributed by atoms with Crippen molar-refractivity contribution < 1.29 is 20.7 Å². The predicted octanol–water partition coefficient (Wildman–Crippen LogP) is 0.799. The van der Waals surface area contributed by atoms with Crippen LogP contribution in [-0.4, -0.2) is 36.6 Å². The molecule has 0 saturated carbocycles. The Labute approximate surface area is 148 Å². The van der Waals surface area contributed by atoms with Gasteiger partial charge in [0.05, 0.1) is 9.79 Å². The van der Waals surface area contributed by atoms with E-state index in [1.165, 1.54) is 29.6 Å². The standard InChI is InChI=1S/C14H12FN5O4S2/c15-25(21,22)12-2-1-3-13(7-12)26(23,24)19-8-11-4-5-17-14(6-11)20-10-16-9-18-20/h1-7,9-10,19H,8H2. The van der Waals surface area contributed by atoms with Crippen LogP contribution < -0.4 is 4.72 Å². The highest BCUT2D eigenvalue weighted by atomic mass is 32.3. The maximum Gasteiger partial charge on any atom is 0.332 e. The normalized spacial score (nSPS) is 12.2. The first-order chi connectivity index (χ1) is 12.3. The van der Waals surface area contributed by atoms with Crippen molar-refractivity contribution in [1.29, 1.82) is 0 Å². The first-order valence-electron chi connectivity index (χ1n) is 7.10. The van der Waals surface area contributed by atoms with Crippen molar-refractivity contribution in [3.63, 3.8) is 0 Å². The van der Waals surface area contributed by atoms with Crippen LogP contribution in [0.4, 0.5) is 3.89 Å². The second kappa shape index (κ2) is 6.90. The van der Waals surface area contributed by atoms with Crippen LogP contribution >= 0.6 is 0 Å². The average Bonchev–Trinajstić information content (AvgIpc) is 3.14. The van der Waals surface area contributed by atoms with Gasteiger partial charge in [-0.25, -0.2) is 27.8 Å². The van der Waals surface area contributed by atoms with E-state index in [2.05, 4.69) is 19.8 Å². The highest BCUT2D eigenvalue weighted by Gasteiger charge is 2.19. The number of nitrogens with one attached hydrogen (secondary N) is 1. The molecule has 0 aliphatic carbocycles. The lowest BCUT2D eigenvalue weighted by Crippen LogP contribution is -2.23. The lowest BCUT2D eigenvalue weighted by molar-refractivity contribution is 0.551. The highest BCUT2D eigenvalue weighted by molar-refractivity contribution is 7.89. The Balaban J connectivity index is 1.80. The monoisotopic (exact) mass is 397 g/mol. The third kappa shape index (κ3) is 4.09. The summed E-state index contributed by atoms with van der Waals surface area (Å²) in [6, 6.07) is 7.26. The van der Waals surface area contributed by atoms with E-state index in [0.717, 1.165) is 18.2 Å². The van der Waals surface area contributed by atoms with Crippen LogP contribution in [0.5, 0.6) is 0 Å².